The first kappa shape index (κ1) is 21.6. The standard InChI is InChI=1S/C27H21N7O2/c1-17-14-34(16-31-17)27-23-13-24(32-26(23)29-15-30-27)19-4-2-18(3-5-19)10-21(35)11-22-12-25(33-36-22)20-6-8-28-9-7-20/h2-9,12-16H,10-11H2,1H3,(H,29,30,32). The van der Waals surface area contributed by atoms with E-state index in [1.807, 2.05) is 60.2 Å². The summed E-state index contributed by atoms with van der Waals surface area (Å²) in [5.74, 6) is 1.37. The van der Waals surface area contributed by atoms with Gasteiger partial charge in [0.25, 0.3) is 0 Å². The number of fused-ring (bicyclic) bond motifs is 1. The summed E-state index contributed by atoms with van der Waals surface area (Å²) in [7, 11) is 0. The molecule has 36 heavy (non-hydrogen) atoms. The lowest BCUT2D eigenvalue weighted by Crippen LogP contribution is -2.05. The number of rotatable bonds is 7. The van der Waals surface area contributed by atoms with E-state index in [1.165, 1.54) is 6.33 Å². The van der Waals surface area contributed by atoms with Crippen LogP contribution in [0.1, 0.15) is 17.0 Å². The lowest BCUT2D eigenvalue weighted by molar-refractivity contribution is -0.118. The Balaban J connectivity index is 1.16. The van der Waals surface area contributed by atoms with Gasteiger partial charge in [-0.2, -0.15) is 0 Å². The van der Waals surface area contributed by atoms with Crippen LogP contribution in [-0.4, -0.2) is 40.4 Å². The predicted octanol–water partition coefficient (Wildman–Crippen LogP) is 4.52. The number of pyridine rings is 1. The Morgan fingerprint density at radius 2 is 1.81 bits per heavy atom. The van der Waals surface area contributed by atoms with Crippen LogP contribution < -0.4 is 0 Å². The summed E-state index contributed by atoms with van der Waals surface area (Å²) in [5, 5.41) is 4.97. The maximum absolute atomic E-state index is 12.6. The number of ketones is 1. The molecular formula is C27H21N7O2. The van der Waals surface area contributed by atoms with Gasteiger partial charge in [-0.25, -0.2) is 15.0 Å². The molecule has 0 atom stereocenters. The number of carbonyl (C=O) groups is 1. The van der Waals surface area contributed by atoms with E-state index in [1.54, 1.807) is 24.8 Å². The van der Waals surface area contributed by atoms with E-state index in [2.05, 4.69) is 30.1 Å². The van der Waals surface area contributed by atoms with Crippen molar-refractivity contribution in [2.45, 2.75) is 19.8 Å². The van der Waals surface area contributed by atoms with Crippen LogP contribution in [0, 0.1) is 6.92 Å². The number of aryl methyl sites for hydroxylation is 1. The number of imidazole rings is 1. The monoisotopic (exact) mass is 475 g/mol. The molecule has 0 fully saturated rings. The molecule has 0 spiro atoms. The van der Waals surface area contributed by atoms with Crippen LogP contribution in [0.4, 0.5) is 0 Å². The van der Waals surface area contributed by atoms with Crippen LogP contribution in [-0.2, 0) is 17.6 Å². The predicted molar refractivity (Wildman–Crippen MR) is 133 cm³/mol. The number of nitrogens with zero attached hydrogens (tertiary/aromatic N) is 6. The van der Waals surface area contributed by atoms with Crippen LogP contribution >= 0.6 is 0 Å². The van der Waals surface area contributed by atoms with E-state index in [0.717, 1.165) is 44.9 Å². The van der Waals surface area contributed by atoms with Crippen LogP contribution in [0.25, 0.3) is 39.4 Å². The van der Waals surface area contributed by atoms with Crippen molar-refractivity contribution in [2.75, 3.05) is 0 Å². The van der Waals surface area contributed by atoms with Gasteiger partial charge < -0.3 is 9.51 Å². The molecule has 0 aliphatic rings. The van der Waals surface area contributed by atoms with Crippen LogP contribution in [0.3, 0.4) is 0 Å². The molecule has 9 heteroatoms. The first-order chi connectivity index (χ1) is 17.6. The minimum absolute atomic E-state index is 0.0568. The molecule has 5 aromatic heterocycles. The maximum Gasteiger partial charge on any atom is 0.150 e. The second-order valence-electron chi connectivity index (χ2n) is 8.57. The summed E-state index contributed by atoms with van der Waals surface area (Å²) in [4.78, 5) is 33.1. The summed E-state index contributed by atoms with van der Waals surface area (Å²) in [6, 6.07) is 15.5. The molecule has 176 valence electrons. The van der Waals surface area contributed by atoms with Gasteiger partial charge >= 0.3 is 0 Å². The van der Waals surface area contributed by atoms with Crippen molar-refractivity contribution >= 4 is 16.8 Å². The third kappa shape index (κ3) is 4.29. The topological polar surface area (TPSA) is 115 Å². The molecule has 0 unspecified atom stereocenters. The highest BCUT2D eigenvalue weighted by atomic mass is 16.5. The summed E-state index contributed by atoms with van der Waals surface area (Å²) < 4.78 is 7.25. The van der Waals surface area contributed by atoms with Gasteiger partial charge in [-0.05, 0) is 36.2 Å². The van der Waals surface area contributed by atoms with Gasteiger partial charge in [-0.15, -0.1) is 0 Å². The zero-order valence-corrected chi connectivity index (χ0v) is 19.4. The quantitative estimate of drug-likeness (QED) is 0.361. The molecule has 0 aliphatic carbocycles. The van der Waals surface area contributed by atoms with E-state index < -0.39 is 0 Å². The fourth-order valence-electron chi connectivity index (χ4n) is 4.17. The smallest absolute Gasteiger partial charge is 0.150 e. The fraction of sp³-hybridized carbons (Fsp3) is 0.111. The Morgan fingerprint density at radius 3 is 2.58 bits per heavy atom. The molecule has 0 amide bonds. The van der Waals surface area contributed by atoms with E-state index in [-0.39, 0.29) is 12.2 Å². The van der Waals surface area contributed by atoms with Gasteiger partial charge in [0.05, 0.1) is 17.5 Å². The zero-order chi connectivity index (χ0) is 24.5. The fourth-order valence-corrected chi connectivity index (χ4v) is 4.17. The number of Topliss-reactive ketones (excluding diaryl/α,β-unsaturated/α-hetero) is 1. The molecule has 5 heterocycles. The average Bonchev–Trinajstić information content (AvgIpc) is 3.64. The van der Waals surface area contributed by atoms with E-state index in [9.17, 15) is 4.79 Å². The summed E-state index contributed by atoms with van der Waals surface area (Å²) in [5.41, 5.74) is 6.11. The molecule has 9 nitrogen and oxygen atoms in total. The molecule has 0 radical (unpaired) electrons. The number of benzene rings is 1. The summed E-state index contributed by atoms with van der Waals surface area (Å²) >= 11 is 0. The molecule has 1 aromatic carbocycles. The number of aromatic nitrogens is 7. The molecule has 0 saturated heterocycles. The summed E-state index contributed by atoms with van der Waals surface area (Å²) in [6.07, 6.45) is 9.11. The van der Waals surface area contributed by atoms with E-state index in [4.69, 9.17) is 4.52 Å². The molecule has 6 aromatic rings. The first-order valence-corrected chi connectivity index (χ1v) is 11.4. The van der Waals surface area contributed by atoms with E-state index in [0.29, 0.717) is 17.9 Å². The Bertz CT molecular complexity index is 1660. The van der Waals surface area contributed by atoms with Crippen molar-refractivity contribution < 1.29 is 9.32 Å². The van der Waals surface area contributed by atoms with Crippen LogP contribution in [0.2, 0.25) is 0 Å². The number of nitrogens with one attached hydrogen (secondary N) is 1. The Labute approximate surface area is 205 Å². The summed E-state index contributed by atoms with van der Waals surface area (Å²) in [6.45, 7) is 1.94. The highest BCUT2D eigenvalue weighted by Gasteiger charge is 2.14. The second-order valence-corrected chi connectivity index (χ2v) is 8.57. The Morgan fingerprint density at radius 1 is 0.972 bits per heavy atom. The maximum atomic E-state index is 12.6. The second kappa shape index (κ2) is 9.03. The minimum atomic E-state index is 0.0568. The number of H-pyrrole nitrogens is 1. The van der Waals surface area contributed by atoms with Gasteiger partial charge in [0, 0.05) is 42.3 Å². The Hall–Kier alpha value is -4.92. The first-order valence-electron chi connectivity index (χ1n) is 11.4. The van der Waals surface area contributed by atoms with Crippen LogP contribution in [0.5, 0.6) is 0 Å². The largest absolute Gasteiger partial charge is 0.360 e. The van der Waals surface area contributed by atoms with Crippen molar-refractivity contribution in [3.63, 3.8) is 0 Å². The average molecular weight is 476 g/mol. The van der Waals surface area contributed by atoms with Crippen molar-refractivity contribution in [1.29, 1.82) is 0 Å². The highest BCUT2D eigenvalue weighted by molar-refractivity contribution is 5.88. The van der Waals surface area contributed by atoms with E-state index >= 15 is 0 Å². The van der Waals surface area contributed by atoms with Gasteiger partial charge in [0.15, 0.2) is 5.82 Å². The number of aromatic amines is 1. The molecular weight excluding hydrogens is 454 g/mol. The van der Waals surface area contributed by atoms with Crippen molar-refractivity contribution in [1.82, 2.24) is 34.6 Å². The van der Waals surface area contributed by atoms with Gasteiger partial charge in [0.1, 0.15) is 35.5 Å². The zero-order valence-electron chi connectivity index (χ0n) is 19.4. The number of hydrogen-bond donors (Lipinski definition) is 1. The number of carbonyl (C=O) groups excluding carboxylic acids is 1. The lowest BCUT2D eigenvalue weighted by atomic mass is 10.0. The SMILES string of the molecule is Cc1cn(-c2ncnc3[nH]c(-c4ccc(CC(=O)Cc5cc(-c6ccncc6)no5)cc4)cc23)cn1. The van der Waals surface area contributed by atoms with Crippen molar-refractivity contribution in [2.24, 2.45) is 0 Å². The van der Waals surface area contributed by atoms with Gasteiger partial charge in [-0.3, -0.25) is 14.3 Å². The highest BCUT2D eigenvalue weighted by Crippen LogP contribution is 2.27. The van der Waals surface area contributed by atoms with Crippen molar-refractivity contribution in [3.05, 3.63) is 96.8 Å². The molecule has 1 N–H and O–H groups in total. The molecule has 0 saturated carbocycles. The number of hydrogen-bond acceptors (Lipinski definition) is 7. The molecule has 0 aliphatic heterocycles. The third-order valence-electron chi connectivity index (χ3n) is 5.93. The van der Waals surface area contributed by atoms with Crippen LogP contribution in [0.15, 0.2) is 84.3 Å². The molecule has 0 bridgehead atoms. The Kier molecular flexibility index (Phi) is 5.42. The third-order valence-corrected chi connectivity index (χ3v) is 5.93. The van der Waals surface area contributed by atoms with Crippen molar-refractivity contribution in [3.8, 4) is 28.3 Å². The van der Waals surface area contributed by atoms with Gasteiger partial charge in [0.2, 0.25) is 0 Å². The lowest BCUT2D eigenvalue weighted by Gasteiger charge is -2.02. The minimum Gasteiger partial charge on any atom is -0.360 e. The normalized spacial score (nSPS) is 11.2. The van der Waals surface area contributed by atoms with Gasteiger partial charge in [-0.1, -0.05) is 29.4 Å². The molecule has 6 rings (SSSR count).